The molecule has 0 bridgehead atoms. The summed E-state index contributed by atoms with van der Waals surface area (Å²) < 4.78 is 17.7. The van der Waals surface area contributed by atoms with Crippen LogP contribution in [-0.4, -0.2) is 19.9 Å². The molecule has 0 heterocycles. The lowest BCUT2D eigenvalue weighted by molar-refractivity contribution is 0.0307. The number of halogens is 1. The number of methoxy groups -OCH3 is 1. The lowest BCUT2D eigenvalue weighted by Gasteiger charge is -2.41. The highest BCUT2D eigenvalue weighted by Gasteiger charge is 2.35. The average Bonchev–Trinajstić information content (AvgIpc) is 2.79. The van der Waals surface area contributed by atoms with Gasteiger partial charge in [0.05, 0.1) is 12.8 Å². The van der Waals surface area contributed by atoms with Crippen LogP contribution < -0.4 is 0 Å². The SMILES string of the molecule is COC(C)C1CCC(C2CCC([C@H]3CC[C@H](C/C=C/CCCF)CC3)CC2)CC1. The molecule has 2 heteroatoms. The minimum Gasteiger partial charge on any atom is -0.381 e. The van der Waals surface area contributed by atoms with Gasteiger partial charge >= 0.3 is 0 Å². The molecule has 3 aliphatic carbocycles. The number of hydrogen-bond donors (Lipinski definition) is 0. The molecule has 168 valence electrons. The van der Waals surface area contributed by atoms with Gasteiger partial charge < -0.3 is 4.74 Å². The maximum atomic E-state index is 12.1. The van der Waals surface area contributed by atoms with Gasteiger partial charge in [0.1, 0.15) is 0 Å². The van der Waals surface area contributed by atoms with Crippen LogP contribution in [0, 0.1) is 35.5 Å². The summed E-state index contributed by atoms with van der Waals surface area (Å²) in [6.07, 6.45) is 25.4. The molecule has 1 nitrogen and oxygen atoms in total. The first-order chi connectivity index (χ1) is 14.2. The molecule has 1 unspecified atom stereocenters. The molecule has 3 saturated carbocycles. The van der Waals surface area contributed by atoms with Crippen molar-refractivity contribution in [2.75, 3.05) is 13.8 Å². The fraction of sp³-hybridized carbons (Fsp3) is 0.926. The third kappa shape index (κ3) is 7.08. The molecule has 0 saturated heterocycles. The van der Waals surface area contributed by atoms with Crippen molar-refractivity contribution in [3.63, 3.8) is 0 Å². The molecule has 0 amide bonds. The Kier molecular flexibility index (Phi) is 10.0. The summed E-state index contributed by atoms with van der Waals surface area (Å²) in [6, 6.07) is 0. The van der Waals surface area contributed by atoms with Gasteiger partial charge in [-0.05, 0) is 139 Å². The first-order valence-corrected chi connectivity index (χ1v) is 12.9. The zero-order valence-corrected chi connectivity index (χ0v) is 19.3. The fourth-order valence-electron chi connectivity index (χ4n) is 6.86. The molecule has 1 atom stereocenters. The van der Waals surface area contributed by atoms with Gasteiger partial charge in [-0.3, -0.25) is 4.39 Å². The summed E-state index contributed by atoms with van der Waals surface area (Å²) in [7, 11) is 1.87. The largest absolute Gasteiger partial charge is 0.381 e. The molecular weight excluding hydrogens is 359 g/mol. The summed E-state index contributed by atoms with van der Waals surface area (Å²) in [5.41, 5.74) is 0. The number of ether oxygens (including phenoxy) is 1. The van der Waals surface area contributed by atoms with Crippen molar-refractivity contribution in [1.82, 2.24) is 0 Å². The quantitative estimate of drug-likeness (QED) is 0.277. The summed E-state index contributed by atoms with van der Waals surface area (Å²) in [5.74, 6) is 5.78. The van der Waals surface area contributed by atoms with Gasteiger partial charge in [0.15, 0.2) is 0 Å². The number of unbranched alkanes of at least 4 members (excludes halogenated alkanes) is 1. The topological polar surface area (TPSA) is 9.23 Å². The molecule has 3 fully saturated rings. The molecule has 0 radical (unpaired) electrons. The maximum Gasteiger partial charge on any atom is 0.0897 e. The van der Waals surface area contributed by atoms with E-state index in [0.717, 1.165) is 41.9 Å². The van der Waals surface area contributed by atoms with Crippen LogP contribution >= 0.6 is 0 Å². The smallest absolute Gasteiger partial charge is 0.0897 e. The van der Waals surface area contributed by atoms with E-state index in [1.165, 1.54) is 83.5 Å². The molecule has 3 rings (SSSR count). The normalized spacial score (nSPS) is 37.6. The predicted octanol–water partition coefficient (Wildman–Crippen LogP) is 8.14. The fourth-order valence-corrected chi connectivity index (χ4v) is 6.86. The molecule has 0 spiro atoms. The van der Waals surface area contributed by atoms with E-state index < -0.39 is 0 Å². The second-order valence-corrected chi connectivity index (χ2v) is 10.6. The van der Waals surface area contributed by atoms with E-state index in [0.29, 0.717) is 12.5 Å². The Hall–Kier alpha value is -0.370. The van der Waals surface area contributed by atoms with Crippen LogP contribution in [0.15, 0.2) is 12.2 Å². The molecular formula is C27H47FO. The standard InChI is InChI=1S/C27H47FO/c1-21(29-2)23-12-14-25(15-13-23)27-18-16-26(17-19-27)24-10-8-22(9-11-24)7-5-3-4-6-20-28/h3,5,21-27H,4,6-20H2,1-2H3/b5-3+/t21?,22-,23?,24-,25?,26?,27?. The van der Waals surface area contributed by atoms with E-state index in [4.69, 9.17) is 4.74 Å². The van der Waals surface area contributed by atoms with Crippen molar-refractivity contribution in [2.24, 2.45) is 35.5 Å². The summed E-state index contributed by atoms with van der Waals surface area (Å²) in [4.78, 5) is 0. The van der Waals surface area contributed by atoms with Gasteiger partial charge in [0.2, 0.25) is 0 Å². The Morgan fingerprint density at radius 1 is 0.759 bits per heavy atom. The third-order valence-electron chi connectivity index (χ3n) is 9.03. The average molecular weight is 407 g/mol. The minimum atomic E-state index is -0.175. The van der Waals surface area contributed by atoms with Crippen LogP contribution in [0.1, 0.15) is 103 Å². The zero-order chi connectivity index (χ0) is 20.5. The van der Waals surface area contributed by atoms with Crippen molar-refractivity contribution in [3.8, 4) is 0 Å². The molecule has 0 aromatic heterocycles. The van der Waals surface area contributed by atoms with E-state index in [-0.39, 0.29) is 6.67 Å². The molecule has 0 aromatic carbocycles. The van der Waals surface area contributed by atoms with Crippen LogP contribution in [0.3, 0.4) is 0 Å². The monoisotopic (exact) mass is 406 g/mol. The summed E-state index contributed by atoms with van der Waals surface area (Å²) >= 11 is 0. The Labute approximate surface area is 180 Å². The Bertz CT molecular complexity index is 451. The number of rotatable bonds is 9. The van der Waals surface area contributed by atoms with Crippen molar-refractivity contribution in [3.05, 3.63) is 12.2 Å². The van der Waals surface area contributed by atoms with E-state index in [9.17, 15) is 4.39 Å². The Morgan fingerprint density at radius 3 is 1.72 bits per heavy atom. The zero-order valence-electron chi connectivity index (χ0n) is 19.3. The van der Waals surface area contributed by atoms with Crippen LogP contribution in [0.4, 0.5) is 4.39 Å². The van der Waals surface area contributed by atoms with Crippen molar-refractivity contribution < 1.29 is 9.13 Å². The minimum absolute atomic E-state index is 0.175. The molecule has 29 heavy (non-hydrogen) atoms. The van der Waals surface area contributed by atoms with Gasteiger partial charge in [-0.25, -0.2) is 0 Å². The van der Waals surface area contributed by atoms with Gasteiger partial charge in [-0.2, -0.15) is 0 Å². The highest BCUT2D eigenvalue weighted by atomic mass is 19.1. The molecule has 3 aliphatic rings. The van der Waals surface area contributed by atoms with Crippen LogP contribution in [0.25, 0.3) is 0 Å². The highest BCUT2D eigenvalue weighted by Crippen LogP contribution is 2.46. The summed E-state index contributed by atoms with van der Waals surface area (Å²) in [6.45, 7) is 2.08. The Balaban J connectivity index is 1.31. The molecule has 0 aliphatic heterocycles. The van der Waals surface area contributed by atoms with Gasteiger partial charge in [-0.15, -0.1) is 0 Å². The van der Waals surface area contributed by atoms with E-state index in [1.807, 2.05) is 7.11 Å². The number of allylic oxidation sites excluding steroid dienone is 2. The van der Waals surface area contributed by atoms with Gasteiger partial charge in [0.25, 0.3) is 0 Å². The van der Waals surface area contributed by atoms with E-state index in [2.05, 4.69) is 19.1 Å². The lowest BCUT2D eigenvalue weighted by atomic mass is 9.64. The summed E-state index contributed by atoms with van der Waals surface area (Å²) in [5, 5.41) is 0. The van der Waals surface area contributed by atoms with Gasteiger partial charge in [0, 0.05) is 7.11 Å². The van der Waals surface area contributed by atoms with Crippen molar-refractivity contribution in [1.29, 1.82) is 0 Å². The second-order valence-electron chi connectivity index (χ2n) is 10.6. The van der Waals surface area contributed by atoms with E-state index in [1.54, 1.807) is 0 Å². The first-order valence-electron chi connectivity index (χ1n) is 12.9. The van der Waals surface area contributed by atoms with Crippen molar-refractivity contribution in [2.45, 2.75) is 109 Å². The van der Waals surface area contributed by atoms with E-state index >= 15 is 0 Å². The van der Waals surface area contributed by atoms with Crippen LogP contribution in [0.5, 0.6) is 0 Å². The third-order valence-corrected chi connectivity index (χ3v) is 9.03. The molecule has 0 aromatic rings. The maximum absolute atomic E-state index is 12.1. The second kappa shape index (κ2) is 12.5. The predicted molar refractivity (Wildman–Crippen MR) is 122 cm³/mol. The molecule has 0 N–H and O–H groups in total. The number of hydrogen-bond acceptors (Lipinski definition) is 1. The van der Waals surface area contributed by atoms with Crippen molar-refractivity contribution >= 4 is 0 Å². The lowest BCUT2D eigenvalue weighted by Crippen LogP contribution is -2.31. The highest BCUT2D eigenvalue weighted by molar-refractivity contribution is 4.89. The number of alkyl halides is 1. The Morgan fingerprint density at radius 2 is 1.24 bits per heavy atom. The first kappa shape index (κ1) is 23.3. The van der Waals surface area contributed by atoms with Crippen LogP contribution in [0.2, 0.25) is 0 Å². The van der Waals surface area contributed by atoms with Crippen LogP contribution in [-0.2, 0) is 4.74 Å². The van der Waals surface area contributed by atoms with Gasteiger partial charge in [-0.1, -0.05) is 12.2 Å².